The minimum Gasteiger partial charge on any atom is -0.355 e. The zero-order valence-corrected chi connectivity index (χ0v) is 12.0. The van der Waals surface area contributed by atoms with Gasteiger partial charge in [-0.2, -0.15) is 0 Å². The predicted molar refractivity (Wildman–Crippen MR) is 76.0 cm³/mol. The van der Waals surface area contributed by atoms with E-state index < -0.39 is 10.0 Å². The van der Waals surface area contributed by atoms with Crippen LogP contribution < -0.4 is 10.0 Å². The summed E-state index contributed by atoms with van der Waals surface area (Å²) in [5.74, 6) is 0.393. The second-order valence-electron chi connectivity index (χ2n) is 4.07. The van der Waals surface area contributed by atoms with Gasteiger partial charge in [-0.15, -0.1) is 0 Å². The molecule has 106 valence electrons. The van der Waals surface area contributed by atoms with Gasteiger partial charge in [0, 0.05) is 12.7 Å². The van der Waals surface area contributed by atoms with Gasteiger partial charge in [0.1, 0.15) is 4.90 Å². The number of anilines is 2. The van der Waals surface area contributed by atoms with Gasteiger partial charge in [-0.25, -0.2) is 18.4 Å². The van der Waals surface area contributed by atoms with Crippen molar-refractivity contribution in [1.29, 1.82) is 0 Å². The highest BCUT2D eigenvalue weighted by Gasteiger charge is 2.16. The normalized spacial score (nSPS) is 11.1. The van der Waals surface area contributed by atoms with Gasteiger partial charge >= 0.3 is 0 Å². The van der Waals surface area contributed by atoms with E-state index in [-0.39, 0.29) is 4.90 Å². The molecule has 0 bridgehead atoms. The molecule has 0 fully saturated rings. The fraction of sp³-hybridized carbons (Fsp3) is 0.250. The average molecular weight is 293 g/mol. The molecular weight excluding hydrogens is 278 g/mol. The monoisotopic (exact) mass is 293 g/mol. The molecule has 8 heteroatoms. The lowest BCUT2D eigenvalue weighted by Crippen LogP contribution is -2.15. The van der Waals surface area contributed by atoms with E-state index in [9.17, 15) is 8.42 Å². The summed E-state index contributed by atoms with van der Waals surface area (Å²) in [6.07, 6.45) is 5.58. The van der Waals surface area contributed by atoms with E-state index in [1.54, 1.807) is 19.2 Å². The van der Waals surface area contributed by atoms with Gasteiger partial charge in [-0.1, -0.05) is 0 Å². The van der Waals surface area contributed by atoms with Gasteiger partial charge in [-0.05, 0) is 25.5 Å². The first-order chi connectivity index (χ1) is 9.53. The third kappa shape index (κ3) is 3.21. The number of sulfonamides is 1. The second kappa shape index (κ2) is 5.83. The van der Waals surface area contributed by atoms with Gasteiger partial charge in [0.2, 0.25) is 5.95 Å². The molecule has 0 saturated carbocycles. The Hall–Kier alpha value is -2.22. The fourth-order valence-corrected chi connectivity index (χ4v) is 2.48. The number of aryl methyl sites for hydroxylation is 1. The van der Waals surface area contributed by atoms with Gasteiger partial charge in [0.05, 0.1) is 24.3 Å². The fourth-order valence-electron chi connectivity index (χ4n) is 1.48. The van der Waals surface area contributed by atoms with Crippen LogP contribution in [0.2, 0.25) is 0 Å². The summed E-state index contributed by atoms with van der Waals surface area (Å²) in [5.41, 5.74) is 1.22. The van der Waals surface area contributed by atoms with Crippen molar-refractivity contribution in [2.75, 3.05) is 16.6 Å². The number of nitrogens with one attached hydrogen (secondary N) is 2. The molecule has 0 spiro atoms. The molecule has 0 amide bonds. The van der Waals surface area contributed by atoms with Crippen molar-refractivity contribution in [3.8, 4) is 0 Å². The van der Waals surface area contributed by atoms with Crippen molar-refractivity contribution < 1.29 is 8.42 Å². The quantitative estimate of drug-likeness (QED) is 0.865. The largest absolute Gasteiger partial charge is 0.355 e. The topological polar surface area (TPSA) is 96.9 Å². The summed E-state index contributed by atoms with van der Waals surface area (Å²) in [6.45, 7) is 4.37. The maximum atomic E-state index is 12.2. The molecule has 0 aliphatic carbocycles. The minimum atomic E-state index is -3.71. The van der Waals surface area contributed by atoms with E-state index in [2.05, 4.69) is 25.0 Å². The average Bonchev–Trinajstić information content (AvgIpc) is 2.42. The van der Waals surface area contributed by atoms with Crippen LogP contribution >= 0.6 is 0 Å². The van der Waals surface area contributed by atoms with Gasteiger partial charge < -0.3 is 5.32 Å². The number of hydrogen-bond donors (Lipinski definition) is 2. The van der Waals surface area contributed by atoms with E-state index in [0.717, 1.165) is 5.56 Å². The number of aromatic nitrogens is 3. The lowest BCUT2D eigenvalue weighted by molar-refractivity contribution is 0.600. The van der Waals surface area contributed by atoms with Crippen LogP contribution in [0.1, 0.15) is 12.5 Å². The molecule has 0 saturated heterocycles. The Bertz CT molecular complexity index is 685. The Morgan fingerprint density at radius 2 is 1.90 bits per heavy atom. The summed E-state index contributed by atoms with van der Waals surface area (Å²) in [5, 5.41) is 2.90. The highest BCUT2D eigenvalue weighted by atomic mass is 32.2. The van der Waals surface area contributed by atoms with Crippen molar-refractivity contribution in [3.63, 3.8) is 0 Å². The highest BCUT2D eigenvalue weighted by Crippen LogP contribution is 2.17. The smallest absolute Gasteiger partial charge is 0.265 e. The lowest BCUT2D eigenvalue weighted by atomic mass is 10.3. The predicted octanol–water partition coefficient (Wildman–Crippen LogP) is 1.41. The Morgan fingerprint density at radius 3 is 2.50 bits per heavy atom. The van der Waals surface area contributed by atoms with Crippen molar-refractivity contribution >= 4 is 21.7 Å². The van der Waals surface area contributed by atoms with E-state index in [4.69, 9.17) is 0 Å². The summed E-state index contributed by atoms with van der Waals surface area (Å²) in [4.78, 5) is 11.8. The molecule has 0 unspecified atom stereocenters. The minimum absolute atomic E-state index is 0.00223. The van der Waals surface area contributed by atoms with Crippen LogP contribution in [0.25, 0.3) is 0 Å². The van der Waals surface area contributed by atoms with Gasteiger partial charge in [-0.3, -0.25) is 9.71 Å². The van der Waals surface area contributed by atoms with Crippen molar-refractivity contribution in [2.45, 2.75) is 18.7 Å². The molecule has 2 heterocycles. The zero-order valence-electron chi connectivity index (χ0n) is 11.2. The summed E-state index contributed by atoms with van der Waals surface area (Å²) in [6, 6.07) is 1.72. The van der Waals surface area contributed by atoms with Gasteiger partial charge in [0.15, 0.2) is 0 Å². The van der Waals surface area contributed by atoms with E-state index in [1.165, 1.54) is 18.6 Å². The van der Waals surface area contributed by atoms with Crippen LogP contribution in [0, 0.1) is 6.92 Å². The first-order valence-corrected chi connectivity index (χ1v) is 7.50. The second-order valence-corrected chi connectivity index (χ2v) is 5.75. The van der Waals surface area contributed by atoms with E-state index >= 15 is 0 Å². The molecule has 7 nitrogen and oxygen atoms in total. The number of pyridine rings is 1. The van der Waals surface area contributed by atoms with Crippen molar-refractivity contribution in [3.05, 3.63) is 36.4 Å². The first-order valence-electron chi connectivity index (χ1n) is 6.02. The Kier molecular flexibility index (Phi) is 4.14. The van der Waals surface area contributed by atoms with Crippen LogP contribution in [-0.2, 0) is 10.0 Å². The Morgan fingerprint density at radius 1 is 1.20 bits per heavy atom. The molecular formula is C12H15N5O2S. The molecule has 2 aromatic rings. The van der Waals surface area contributed by atoms with Crippen molar-refractivity contribution in [2.24, 2.45) is 0 Å². The Balaban J connectivity index is 2.24. The third-order valence-corrected chi connectivity index (χ3v) is 3.88. The molecule has 2 N–H and O–H groups in total. The molecule has 0 aliphatic rings. The highest BCUT2D eigenvalue weighted by molar-refractivity contribution is 7.92. The SMILES string of the molecule is CCNc1ncc(S(=O)(=O)Nc2cnccc2C)cn1. The van der Waals surface area contributed by atoms with Crippen LogP contribution in [0.3, 0.4) is 0 Å². The lowest BCUT2D eigenvalue weighted by Gasteiger charge is -2.09. The molecule has 0 atom stereocenters. The van der Waals surface area contributed by atoms with Crippen LogP contribution in [0.15, 0.2) is 35.7 Å². The standard InChI is InChI=1S/C12H15N5O2S/c1-3-14-12-15-6-10(7-16-12)20(18,19)17-11-8-13-5-4-9(11)2/h4-8,17H,3H2,1-2H3,(H,14,15,16). The molecule has 2 rings (SSSR count). The zero-order chi connectivity index (χ0) is 14.6. The molecule has 0 aliphatic heterocycles. The van der Waals surface area contributed by atoms with E-state index in [1.807, 2.05) is 6.92 Å². The summed E-state index contributed by atoms with van der Waals surface area (Å²) in [7, 11) is -3.71. The summed E-state index contributed by atoms with van der Waals surface area (Å²) < 4.78 is 26.8. The number of nitrogens with zero attached hydrogens (tertiary/aromatic N) is 3. The molecule has 2 aromatic heterocycles. The summed E-state index contributed by atoms with van der Waals surface area (Å²) >= 11 is 0. The maximum absolute atomic E-state index is 12.2. The van der Waals surface area contributed by atoms with Crippen LogP contribution in [0.4, 0.5) is 11.6 Å². The first kappa shape index (κ1) is 14.2. The molecule has 0 radical (unpaired) electrons. The van der Waals surface area contributed by atoms with Crippen LogP contribution in [0.5, 0.6) is 0 Å². The van der Waals surface area contributed by atoms with Crippen molar-refractivity contribution in [1.82, 2.24) is 15.0 Å². The maximum Gasteiger partial charge on any atom is 0.265 e. The number of hydrogen-bond acceptors (Lipinski definition) is 6. The Labute approximate surface area is 117 Å². The van der Waals surface area contributed by atoms with E-state index in [0.29, 0.717) is 18.2 Å². The molecule has 0 aromatic carbocycles. The molecule has 20 heavy (non-hydrogen) atoms. The van der Waals surface area contributed by atoms with Gasteiger partial charge in [0.25, 0.3) is 10.0 Å². The third-order valence-electron chi connectivity index (χ3n) is 2.56. The number of rotatable bonds is 5. The van der Waals surface area contributed by atoms with Crippen LogP contribution in [-0.4, -0.2) is 29.9 Å².